The number of carbonyl (C=O) groups is 1. The lowest BCUT2D eigenvalue weighted by Crippen LogP contribution is -2.33. The molecule has 0 radical (unpaired) electrons. The molecule has 1 aliphatic carbocycles. The smallest absolute Gasteiger partial charge is 0.416 e. The van der Waals surface area contributed by atoms with E-state index in [2.05, 4.69) is 24.3 Å². The van der Waals surface area contributed by atoms with Gasteiger partial charge in [0.1, 0.15) is 13.3 Å². The predicted octanol–water partition coefficient (Wildman–Crippen LogP) is 4.39. The van der Waals surface area contributed by atoms with Crippen molar-refractivity contribution >= 4 is 11.8 Å². The molecule has 3 aromatic carbocycles. The van der Waals surface area contributed by atoms with Crippen LogP contribution in [0.4, 0.5) is 10.5 Å². The van der Waals surface area contributed by atoms with Crippen LogP contribution in [-0.2, 0) is 4.74 Å². The number of nitrogens with zero attached hydrogens (tertiary/aromatic N) is 1. The van der Waals surface area contributed by atoms with E-state index < -0.39 is 12.8 Å². The van der Waals surface area contributed by atoms with Crippen molar-refractivity contribution in [2.75, 3.05) is 18.2 Å². The fraction of sp³-hybridized carbons (Fsp3) is 0.136. The topological polar surface area (TPSA) is 49.8 Å². The third-order valence-electron chi connectivity index (χ3n) is 4.77. The fourth-order valence-electron chi connectivity index (χ4n) is 3.52. The summed E-state index contributed by atoms with van der Waals surface area (Å²) in [4.78, 5) is 13.7. The van der Waals surface area contributed by atoms with E-state index in [1.54, 1.807) is 12.1 Å². The van der Waals surface area contributed by atoms with Crippen LogP contribution < -0.4 is 4.90 Å². The Balaban J connectivity index is 1.55. The molecule has 0 atom stereocenters. The second-order valence-corrected chi connectivity index (χ2v) is 6.21. The summed E-state index contributed by atoms with van der Waals surface area (Å²) in [6.07, 6.45) is -0.555. The Bertz CT molecular complexity index is 878. The minimum atomic E-state index is -0.555. The first-order chi connectivity index (χ1) is 12.8. The quantitative estimate of drug-likeness (QED) is 0.714. The fourth-order valence-corrected chi connectivity index (χ4v) is 3.52. The highest BCUT2D eigenvalue weighted by molar-refractivity contribution is 5.87. The van der Waals surface area contributed by atoms with Crippen molar-refractivity contribution in [1.29, 1.82) is 0 Å². The summed E-state index contributed by atoms with van der Waals surface area (Å²) in [6.45, 7) is -0.198. The molecule has 0 aliphatic heterocycles. The maximum atomic E-state index is 12.5. The van der Waals surface area contributed by atoms with Gasteiger partial charge in [-0.15, -0.1) is 0 Å². The van der Waals surface area contributed by atoms with Gasteiger partial charge in [-0.2, -0.15) is 0 Å². The zero-order valence-electron chi connectivity index (χ0n) is 14.2. The highest BCUT2D eigenvalue weighted by atomic mass is 16.6. The molecular formula is C22H19NO3. The number of hydrogen-bond donors (Lipinski definition) is 1. The third kappa shape index (κ3) is 2.85. The van der Waals surface area contributed by atoms with Crippen molar-refractivity contribution in [3.05, 3.63) is 90.0 Å². The van der Waals surface area contributed by atoms with E-state index in [9.17, 15) is 9.90 Å². The Morgan fingerprint density at radius 3 is 1.96 bits per heavy atom. The summed E-state index contributed by atoms with van der Waals surface area (Å²) >= 11 is 0. The van der Waals surface area contributed by atoms with E-state index >= 15 is 0 Å². The van der Waals surface area contributed by atoms with Crippen molar-refractivity contribution in [3.63, 3.8) is 0 Å². The molecule has 0 fully saturated rings. The van der Waals surface area contributed by atoms with Crippen molar-refractivity contribution in [2.24, 2.45) is 0 Å². The molecule has 0 saturated heterocycles. The maximum absolute atomic E-state index is 12.5. The van der Waals surface area contributed by atoms with E-state index in [-0.39, 0.29) is 12.5 Å². The zero-order valence-corrected chi connectivity index (χ0v) is 14.2. The molecule has 1 N–H and O–H groups in total. The molecule has 4 heteroatoms. The first kappa shape index (κ1) is 16.4. The molecule has 0 aromatic heterocycles. The number of anilines is 1. The zero-order chi connectivity index (χ0) is 17.9. The van der Waals surface area contributed by atoms with Gasteiger partial charge in [0.15, 0.2) is 0 Å². The molecule has 1 aliphatic rings. The lowest BCUT2D eigenvalue weighted by atomic mass is 9.98. The molecule has 0 spiro atoms. The molecular weight excluding hydrogens is 326 g/mol. The first-order valence-electron chi connectivity index (χ1n) is 8.58. The van der Waals surface area contributed by atoms with Gasteiger partial charge in [0.05, 0.1) is 0 Å². The number of hydrogen-bond acceptors (Lipinski definition) is 3. The average molecular weight is 345 g/mol. The molecule has 4 rings (SSSR count). The Morgan fingerprint density at radius 2 is 1.38 bits per heavy atom. The second-order valence-electron chi connectivity index (χ2n) is 6.21. The van der Waals surface area contributed by atoms with Crippen LogP contribution in [0.1, 0.15) is 17.0 Å². The number of benzene rings is 3. The van der Waals surface area contributed by atoms with E-state index in [1.807, 2.05) is 42.5 Å². The van der Waals surface area contributed by atoms with Gasteiger partial charge in [-0.3, -0.25) is 4.90 Å². The molecule has 0 saturated carbocycles. The summed E-state index contributed by atoms with van der Waals surface area (Å²) in [6, 6.07) is 25.4. The van der Waals surface area contributed by atoms with Gasteiger partial charge in [0.2, 0.25) is 0 Å². The van der Waals surface area contributed by atoms with Gasteiger partial charge < -0.3 is 9.84 Å². The summed E-state index contributed by atoms with van der Waals surface area (Å²) in [7, 11) is 0. The van der Waals surface area contributed by atoms with Crippen LogP contribution in [0.2, 0.25) is 0 Å². The molecule has 1 amide bonds. The third-order valence-corrected chi connectivity index (χ3v) is 4.77. The number of rotatable bonds is 4. The number of ether oxygens (including phenoxy) is 1. The van der Waals surface area contributed by atoms with Gasteiger partial charge in [0.25, 0.3) is 0 Å². The molecule has 0 heterocycles. The number of amides is 1. The van der Waals surface area contributed by atoms with Crippen molar-refractivity contribution < 1.29 is 14.6 Å². The number of para-hydroxylation sites is 1. The Morgan fingerprint density at radius 1 is 0.846 bits per heavy atom. The Labute approximate surface area is 152 Å². The molecule has 0 bridgehead atoms. The molecule has 0 unspecified atom stereocenters. The van der Waals surface area contributed by atoms with Crippen molar-refractivity contribution in [2.45, 2.75) is 5.92 Å². The standard InChI is InChI=1S/C22H19NO3/c24-15-23(16-8-2-1-3-9-16)22(25)26-14-21-19-12-6-4-10-17(19)18-11-5-7-13-20(18)21/h1-13,21,24H,14-15H2. The van der Waals surface area contributed by atoms with Crippen LogP contribution in [0.3, 0.4) is 0 Å². The lowest BCUT2D eigenvalue weighted by molar-refractivity contribution is 0.142. The van der Waals surface area contributed by atoms with Crippen molar-refractivity contribution in [1.82, 2.24) is 0 Å². The second kappa shape index (κ2) is 7.02. The largest absolute Gasteiger partial charge is 0.448 e. The Kier molecular flexibility index (Phi) is 4.42. The van der Waals surface area contributed by atoms with Gasteiger partial charge in [-0.25, -0.2) is 4.79 Å². The van der Waals surface area contributed by atoms with Gasteiger partial charge in [-0.05, 0) is 34.4 Å². The number of carbonyl (C=O) groups excluding carboxylic acids is 1. The summed E-state index contributed by atoms with van der Waals surface area (Å²) in [5.41, 5.74) is 5.30. The van der Waals surface area contributed by atoms with Crippen LogP contribution in [0, 0.1) is 0 Å². The SMILES string of the molecule is O=C(OCC1c2ccccc2-c2ccccc21)N(CO)c1ccccc1. The van der Waals surface area contributed by atoms with E-state index in [1.165, 1.54) is 16.0 Å². The summed E-state index contributed by atoms with van der Waals surface area (Å²) in [5, 5.41) is 9.58. The molecule has 130 valence electrons. The monoisotopic (exact) mass is 345 g/mol. The number of aliphatic hydroxyl groups excluding tert-OH is 1. The maximum Gasteiger partial charge on any atom is 0.416 e. The molecule has 26 heavy (non-hydrogen) atoms. The van der Waals surface area contributed by atoms with E-state index in [0.29, 0.717) is 5.69 Å². The highest BCUT2D eigenvalue weighted by Gasteiger charge is 2.29. The van der Waals surface area contributed by atoms with Crippen LogP contribution in [0.5, 0.6) is 0 Å². The predicted molar refractivity (Wildman–Crippen MR) is 101 cm³/mol. The van der Waals surface area contributed by atoms with Gasteiger partial charge in [-0.1, -0.05) is 66.7 Å². The average Bonchev–Trinajstić information content (AvgIpc) is 3.02. The summed E-state index contributed by atoms with van der Waals surface area (Å²) < 4.78 is 5.57. The number of fused-ring (bicyclic) bond motifs is 3. The molecule has 3 aromatic rings. The highest BCUT2D eigenvalue weighted by Crippen LogP contribution is 2.44. The minimum Gasteiger partial charge on any atom is -0.448 e. The van der Waals surface area contributed by atoms with Crippen LogP contribution in [0.15, 0.2) is 78.9 Å². The number of aliphatic hydroxyl groups is 1. The summed E-state index contributed by atoms with van der Waals surface area (Å²) in [5.74, 6) is 0.00247. The van der Waals surface area contributed by atoms with E-state index in [4.69, 9.17) is 4.74 Å². The van der Waals surface area contributed by atoms with Gasteiger partial charge in [0, 0.05) is 11.6 Å². The van der Waals surface area contributed by atoms with Gasteiger partial charge >= 0.3 is 6.09 Å². The first-order valence-corrected chi connectivity index (χ1v) is 8.58. The van der Waals surface area contributed by atoms with Crippen LogP contribution in [-0.4, -0.2) is 24.5 Å². The van der Waals surface area contributed by atoms with E-state index in [0.717, 1.165) is 11.1 Å². The van der Waals surface area contributed by atoms with Crippen LogP contribution in [0.25, 0.3) is 11.1 Å². The molecule has 4 nitrogen and oxygen atoms in total. The minimum absolute atomic E-state index is 0.00247. The lowest BCUT2D eigenvalue weighted by Gasteiger charge is -2.21. The van der Waals surface area contributed by atoms with Crippen molar-refractivity contribution in [3.8, 4) is 11.1 Å². The Hall–Kier alpha value is -3.11. The van der Waals surface area contributed by atoms with Crippen LogP contribution >= 0.6 is 0 Å². The normalized spacial score (nSPS) is 12.3.